The van der Waals surface area contributed by atoms with Crippen molar-refractivity contribution in [1.82, 2.24) is 9.88 Å². The van der Waals surface area contributed by atoms with Crippen molar-refractivity contribution in [1.29, 1.82) is 0 Å². The first kappa shape index (κ1) is 16.6. The van der Waals surface area contributed by atoms with Crippen molar-refractivity contribution < 1.29 is 4.21 Å². The number of aryl methyl sites for hydroxylation is 1. The molecule has 0 bridgehead atoms. The normalized spacial score (nSPS) is 17.9. The molecule has 2 aromatic rings. The van der Waals surface area contributed by atoms with Crippen molar-refractivity contribution in [2.45, 2.75) is 18.2 Å². The number of rotatable bonds is 5. The highest BCUT2D eigenvalue weighted by atomic mass is 32.2. The molecule has 1 aliphatic heterocycles. The minimum atomic E-state index is -0.898. The third-order valence-electron chi connectivity index (χ3n) is 4.06. The Morgan fingerprint density at radius 3 is 2.74 bits per heavy atom. The minimum Gasteiger partial charge on any atom is -0.347 e. The molecule has 4 nitrogen and oxygen atoms in total. The van der Waals surface area contributed by atoms with E-state index < -0.39 is 10.8 Å². The number of benzene rings is 1. The van der Waals surface area contributed by atoms with Gasteiger partial charge in [-0.1, -0.05) is 18.2 Å². The van der Waals surface area contributed by atoms with E-state index >= 15 is 0 Å². The lowest BCUT2D eigenvalue weighted by Gasteiger charge is -2.21. The smallest absolute Gasteiger partial charge is 0.185 e. The molecule has 0 N–H and O–H groups in total. The van der Waals surface area contributed by atoms with Crippen LogP contribution in [-0.2, 0) is 10.8 Å². The van der Waals surface area contributed by atoms with E-state index in [0.29, 0.717) is 5.75 Å². The van der Waals surface area contributed by atoms with Gasteiger partial charge in [-0.15, -0.1) is 11.3 Å². The van der Waals surface area contributed by atoms with Crippen molar-refractivity contribution >= 4 is 27.3 Å². The second kappa shape index (κ2) is 8.04. The van der Waals surface area contributed by atoms with Crippen LogP contribution in [0.25, 0.3) is 0 Å². The monoisotopic (exact) mass is 349 g/mol. The molecule has 23 heavy (non-hydrogen) atoms. The number of anilines is 1. The van der Waals surface area contributed by atoms with Crippen LogP contribution in [0.1, 0.15) is 12.1 Å². The summed E-state index contributed by atoms with van der Waals surface area (Å²) >= 11 is 1.73. The number of hydrogen-bond acceptors (Lipinski definition) is 5. The molecule has 0 unspecified atom stereocenters. The van der Waals surface area contributed by atoms with Crippen LogP contribution in [0.3, 0.4) is 0 Å². The zero-order chi connectivity index (χ0) is 16.1. The Morgan fingerprint density at radius 2 is 2.00 bits per heavy atom. The summed E-state index contributed by atoms with van der Waals surface area (Å²) < 4.78 is 12.3. The summed E-state index contributed by atoms with van der Waals surface area (Å²) in [5.74, 6) is 0.709. The highest BCUT2D eigenvalue weighted by Gasteiger charge is 2.17. The van der Waals surface area contributed by atoms with Crippen molar-refractivity contribution in [2.75, 3.05) is 43.4 Å². The molecule has 0 aliphatic carbocycles. The fraction of sp³-hybridized carbons (Fsp3) is 0.471. The summed E-state index contributed by atoms with van der Waals surface area (Å²) in [4.78, 5) is 10.3. The quantitative estimate of drug-likeness (QED) is 0.832. The van der Waals surface area contributed by atoms with Crippen LogP contribution in [0, 0.1) is 6.92 Å². The van der Waals surface area contributed by atoms with Gasteiger partial charge in [0.2, 0.25) is 0 Å². The van der Waals surface area contributed by atoms with Crippen LogP contribution in [0.5, 0.6) is 0 Å². The molecule has 1 aliphatic rings. The van der Waals surface area contributed by atoms with Gasteiger partial charge < -0.3 is 9.80 Å². The molecule has 1 atom stereocenters. The van der Waals surface area contributed by atoms with Gasteiger partial charge in [-0.25, -0.2) is 4.98 Å². The summed E-state index contributed by atoms with van der Waals surface area (Å²) in [6.45, 7) is 7.10. The van der Waals surface area contributed by atoms with Gasteiger partial charge in [0.1, 0.15) is 0 Å². The second-order valence-electron chi connectivity index (χ2n) is 5.82. The Morgan fingerprint density at radius 1 is 1.17 bits per heavy atom. The van der Waals surface area contributed by atoms with Crippen LogP contribution >= 0.6 is 11.3 Å². The molecule has 1 fully saturated rings. The third-order valence-corrected chi connectivity index (χ3v) is 6.44. The molecule has 0 radical (unpaired) electrons. The predicted octanol–water partition coefficient (Wildman–Crippen LogP) is 2.77. The van der Waals surface area contributed by atoms with Crippen molar-refractivity contribution in [3.8, 4) is 0 Å². The van der Waals surface area contributed by atoms with Crippen LogP contribution in [0.15, 0.2) is 40.6 Å². The van der Waals surface area contributed by atoms with E-state index in [-0.39, 0.29) is 0 Å². The fourth-order valence-corrected chi connectivity index (χ4v) is 4.75. The van der Waals surface area contributed by atoms with Gasteiger partial charge >= 0.3 is 0 Å². The Labute approximate surface area is 144 Å². The number of aromatic nitrogens is 1. The standard InChI is InChI=1S/C17H23N3OS2/c1-15-14-22-17(18-15)20-9-5-8-19(10-11-20)12-13-23(21)16-6-3-2-4-7-16/h2-4,6-7,14H,5,8-13H2,1H3/t23-/m1/s1. The molecule has 1 aromatic carbocycles. The number of nitrogens with zero attached hydrogens (tertiary/aromatic N) is 3. The van der Waals surface area contributed by atoms with E-state index in [9.17, 15) is 4.21 Å². The molecule has 0 saturated carbocycles. The maximum atomic E-state index is 12.3. The lowest BCUT2D eigenvalue weighted by Crippen LogP contribution is -2.33. The molecular weight excluding hydrogens is 326 g/mol. The fourth-order valence-electron chi connectivity index (χ4n) is 2.77. The van der Waals surface area contributed by atoms with Crippen LogP contribution in [-0.4, -0.2) is 52.6 Å². The summed E-state index contributed by atoms with van der Waals surface area (Å²) in [5.41, 5.74) is 1.10. The molecule has 1 aromatic heterocycles. The maximum absolute atomic E-state index is 12.3. The van der Waals surface area contributed by atoms with E-state index in [0.717, 1.165) is 54.9 Å². The highest BCUT2D eigenvalue weighted by Crippen LogP contribution is 2.21. The van der Waals surface area contributed by atoms with Gasteiger partial charge in [0.05, 0.1) is 16.5 Å². The van der Waals surface area contributed by atoms with E-state index in [2.05, 4.69) is 20.2 Å². The summed E-state index contributed by atoms with van der Waals surface area (Å²) in [6.07, 6.45) is 1.14. The first-order valence-electron chi connectivity index (χ1n) is 8.05. The summed E-state index contributed by atoms with van der Waals surface area (Å²) in [7, 11) is -0.898. The largest absolute Gasteiger partial charge is 0.347 e. The van der Waals surface area contributed by atoms with Crippen molar-refractivity contribution in [3.63, 3.8) is 0 Å². The first-order valence-corrected chi connectivity index (χ1v) is 10.2. The molecule has 3 rings (SSSR count). The van der Waals surface area contributed by atoms with Gasteiger partial charge in [-0.2, -0.15) is 0 Å². The van der Waals surface area contributed by atoms with E-state index in [1.807, 2.05) is 37.3 Å². The van der Waals surface area contributed by atoms with Gasteiger partial charge in [0, 0.05) is 42.2 Å². The molecule has 2 heterocycles. The topological polar surface area (TPSA) is 36.4 Å². The summed E-state index contributed by atoms with van der Waals surface area (Å²) in [5, 5.41) is 3.25. The number of thiazole rings is 1. The SMILES string of the molecule is Cc1csc(N2CCCN(CC[S@@](=O)c3ccccc3)CC2)n1. The molecule has 0 amide bonds. The first-order chi connectivity index (χ1) is 11.2. The van der Waals surface area contributed by atoms with Crippen molar-refractivity contribution in [2.24, 2.45) is 0 Å². The third kappa shape index (κ3) is 4.62. The number of hydrogen-bond donors (Lipinski definition) is 0. The highest BCUT2D eigenvalue weighted by molar-refractivity contribution is 7.85. The Bertz CT molecular complexity index is 644. The van der Waals surface area contributed by atoms with Crippen molar-refractivity contribution in [3.05, 3.63) is 41.4 Å². The van der Waals surface area contributed by atoms with E-state index in [4.69, 9.17) is 0 Å². The van der Waals surface area contributed by atoms with Gasteiger partial charge in [0.25, 0.3) is 0 Å². The molecule has 1 saturated heterocycles. The van der Waals surface area contributed by atoms with Crippen LogP contribution in [0.2, 0.25) is 0 Å². The zero-order valence-corrected chi connectivity index (χ0v) is 15.1. The Balaban J connectivity index is 1.49. The van der Waals surface area contributed by atoms with E-state index in [1.165, 1.54) is 0 Å². The van der Waals surface area contributed by atoms with Crippen LogP contribution < -0.4 is 4.90 Å². The Kier molecular flexibility index (Phi) is 5.80. The zero-order valence-electron chi connectivity index (χ0n) is 13.5. The lowest BCUT2D eigenvalue weighted by atomic mass is 10.4. The summed E-state index contributed by atoms with van der Waals surface area (Å²) in [6, 6.07) is 9.76. The minimum absolute atomic E-state index is 0.709. The van der Waals surface area contributed by atoms with Crippen LogP contribution in [0.4, 0.5) is 5.13 Å². The average molecular weight is 350 g/mol. The second-order valence-corrected chi connectivity index (χ2v) is 8.22. The molecule has 0 spiro atoms. The molecular formula is C17H23N3OS2. The molecule has 6 heteroatoms. The molecule has 124 valence electrons. The van der Waals surface area contributed by atoms with Gasteiger partial charge in [-0.05, 0) is 32.0 Å². The average Bonchev–Trinajstić information content (AvgIpc) is 2.87. The maximum Gasteiger partial charge on any atom is 0.185 e. The van der Waals surface area contributed by atoms with E-state index in [1.54, 1.807) is 11.3 Å². The predicted molar refractivity (Wildman–Crippen MR) is 97.8 cm³/mol. The van der Waals surface area contributed by atoms with Gasteiger partial charge in [-0.3, -0.25) is 4.21 Å². The Hall–Kier alpha value is -1.24. The lowest BCUT2D eigenvalue weighted by molar-refractivity contribution is 0.311. The van der Waals surface area contributed by atoms with Gasteiger partial charge in [0.15, 0.2) is 5.13 Å².